The third kappa shape index (κ3) is 4.80. The molecule has 126 valence electrons. The first-order valence-electron chi connectivity index (χ1n) is 8.23. The predicted octanol–water partition coefficient (Wildman–Crippen LogP) is 4.57. The van der Waals surface area contributed by atoms with Crippen LogP contribution >= 0.6 is 0 Å². The molecule has 3 nitrogen and oxygen atoms in total. The second-order valence-corrected chi connectivity index (χ2v) is 5.88. The molecular weight excluding hydrogens is 296 g/mol. The SMILES string of the molecule is C=CCOc1ccc(CN(C)C(C)c2ccccn2)cc1CC=C. The van der Waals surface area contributed by atoms with Crippen LogP contribution in [0.4, 0.5) is 0 Å². The van der Waals surface area contributed by atoms with E-state index in [9.17, 15) is 0 Å². The highest BCUT2D eigenvalue weighted by atomic mass is 16.5. The molecule has 1 unspecified atom stereocenters. The maximum atomic E-state index is 5.73. The van der Waals surface area contributed by atoms with Gasteiger partial charge in [-0.2, -0.15) is 0 Å². The van der Waals surface area contributed by atoms with Gasteiger partial charge >= 0.3 is 0 Å². The monoisotopic (exact) mass is 322 g/mol. The Balaban J connectivity index is 2.12. The van der Waals surface area contributed by atoms with Crippen molar-refractivity contribution in [3.8, 4) is 5.75 Å². The summed E-state index contributed by atoms with van der Waals surface area (Å²) in [4.78, 5) is 6.74. The zero-order valence-electron chi connectivity index (χ0n) is 14.6. The van der Waals surface area contributed by atoms with Crippen molar-refractivity contribution in [2.75, 3.05) is 13.7 Å². The minimum absolute atomic E-state index is 0.255. The van der Waals surface area contributed by atoms with Crippen molar-refractivity contribution in [2.24, 2.45) is 0 Å². The third-order valence-electron chi connectivity index (χ3n) is 4.05. The average Bonchev–Trinajstić information content (AvgIpc) is 2.61. The zero-order chi connectivity index (χ0) is 17.4. The van der Waals surface area contributed by atoms with Crippen LogP contribution in [0, 0.1) is 0 Å². The largest absolute Gasteiger partial charge is 0.489 e. The van der Waals surface area contributed by atoms with Gasteiger partial charge in [-0.1, -0.05) is 36.9 Å². The molecule has 0 aliphatic heterocycles. The molecule has 1 heterocycles. The van der Waals surface area contributed by atoms with E-state index in [0.717, 1.165) is 30.0 Å². The summed E-state index contributed by atoms with van der Waals surface area (Å²) in [6.45, 7) is 11.1. The van der Waals surface area contributed by atoms with Crippen LogP contribution in [-0.4, -0.2) is 23.5 Å². The van der Waals surface area contributed by atoms with E-state index in [-0.39, 0.29) is 6.04 Å². The Hall–Kier alpha value is -2.39. The van der Waals surface area contributed by atoms with E-state index in [1.807, 2.05) is 30.5 Å². The Morgan fingerprint density at radius 2 is 2.04 bits per heavy atom. The van der Waals surface area contributed by atoms with Crippen LogP contribution < -0.4 is 4.74 Å². The second kappa shape index (κ2) is 9.04. The van der Waals surface area contributed by atoms with Crippen molar-refractivity contribution in [1.29, 1.82) is 0 Å². The summed E-state index contributed by atoms with van der Waals surface area (Å²) in [5, 5.41) is 0. The summed E-state index contributed by atoms with van der Waals surface area (Å²) in [7, 11) is 2.12. The van der Waals surface area contributed by atoms with Crippen LogP contribution in [0.15, 0.2) is 67.9 Å². The summed E-state index contributed by atoms with van der Waals surface area (Å²) >= 11 is 0. The highest BCUT2D eigenvalue weighted by molar-refractivity contribution is 5.38. The van der Waals surface area contributed by atoms with Crippen molar-refractivity contribution in [3.05, 3.63) is 84.7 Å². The van der Waals surface area contributed by atoms with Crippen molar-refractivity contribution in [1.82, 2.24) is 9.88 Å². The number of nitrogens with zero attached hydrogens (tertiary/aromatic N) is 2. The van der Waals surface area contributed by atoms with Gasteiger partial charge in [0.05, 0.1) is 5.69 Å². The second-order valence-electron chi connectivity index (χ2n) is 5.88. The van der Waals surface area contributed by atoms with Crippen molar-refractivity contribution < 1.29 is 4.74 Å². The van der Waals surface area contributed by atoms with Gasteiger partial charge in [-0.25, -0.2) is 0 Å². The Morgan fingerprint density at radius 1 is 1.21 bits per heavy atom. The third-order valence-corrected chi connectivity index (χ3v) is 4.05. The zero-order valence-corrected chi connectivity index (χ0v) is 14.6. The molecule has 0 saturated heterocycles. The first kappa shape index (κ1) is 18.0. The lowest BCUT2D eigenvalue weighted by molar-refractivity contribution is 0.248. The van der Waals surface area contributed by atoms with E-state index >= 15 is 0 Å². The van der Waals surface area contributed by atoms with Crippen LogP contribution in [0.3, 0.4) is 0 Å². The Labute approximate surface area is 145 Å². The lowest BCUT2D eigenvalue weighted by Crippen LogP contribution is -2.22. The molecule has 1 atom stereocenters. The Bertz CT molecular complexity index is 667. The summed E-state index contributed by atoms with van der Waals surface area (Å²) < 4.78 is 5.73. The fourth-order valence-corrected chi connectivity index (χ4v) is 2.61. The lowest BCUT2D eigenvalue weighted by Gasteiger charge is -2.24. The molecule has 0 aliphatic rings. The molecule has 0 amide bonds. The number of allylic oxidation sites excluding steroid dienone is 1. The summed E-state index contributed by atoms with van der Waals surface area (Å²) in [6, 6.07) is 12.6. The molecule has 3 heteroatoms. The van der Waals surface area contributed by atoms with E-state index in [1.54, 1.807) is 6.08 Å². The number of rotatable bonds is 9. The first-order valence-corrected chi connectivity index (χ1v) is 8.23. The van der Waals surface area contributed by atoms with Crippen molar-refractivity contribution in [2.45, 2.75) is 25.9 Å². The van der Waals surface area contributed by atoms with E-state index in [2.05, 4.69) is 55.2 Å². The van der Waals surface area contributed by atoms with Crippen LogP contribution in [0.2, 0.25) is 0 Å². The molecule has 2 rings (SSSR count). The van der Waals surface area contributed by atoms with Crippen molar-refractivity contribution in [3.63, 3.8) is 0 Å². The molecular formula is C21H26N2O. The van der Waals surface area contributed by atoms with Gasteiger partial charge in [0, 0.05) is 18.8 Å². The van der Waals surface area contributed by atoms with Crippen LogP contribution in [0.1, 0.15) is 29.8 Å². The van der Waals surface area contributed by atoms with Gasteiger partial charge in [-0.3, -0.25) is 9.88 Å². The highest BCUT2D eigenvalue weighted by Crippen LogP contribution is 2.24. The lowest BCUT2D eigenvalue weighted by atomic mass is 10.1. The van der Waals surface area contributed by atoms with Crippen molar-refractivity contribution >= 4 is 0 Å². The summed E-state index contributed by atoms with van der Waals surface area (Å²) in [5.74, 6) is 0.902. The smallest absolute Gasteiger partial charge is 0.123 e. The molecule has 1 aromatic heterocycles. The number of aromatic nitrogens is 1. The molecule has 0 aliphatic carbocycles. The number of pyridine rings is 1. The van der Waals surface area contributed by atoms with Crippen LogP contribution in [0.25, 0.3) is 0 Å². The predicted molar refractivity (Wildman–Crippen MR) is 100 cm³/mol. The molecule has 0 bridgehead atoms. The van der Waals surface area contributed by atoms with Gasteiger partial charge in [0.15, 0.2) is 0 Å². The van der Waals surface area contributed by atoms with Gasteiger partial charge in [0.1, 0.15) is 12.4 Å². The van der Waals surface area contributed by atoms with E-state index in [1.165, 1.54) is 5.56 Å². The minimum atomic E-state index is 0.255. The maximum absolute atomic E-state index is 5.73. The van der Waals surface area contributed by atoms with Gasteiger partial charge in [-0.05, 0) is 49.7 Å². The molecule has 0 N–H and O–H groups in total. The molecule has 24 heavy (non-hydrogen) atoms. The van der Waals surface area contributed by atoms with E-state index < -0.39 is 0 Å². The van der Waals surface area contributed by atoms with E-state index in [4.69, 9.17) is 4.74 Å². The number of hydrogen-bond donors (Lipinski definition) is 0. The summed E-state index contributed by atoms with van der Waals surface area (Å²) in [5.41, 5.74) is 3.49. The van der Waals surface area contributed by atoms with Crippen LogP contribution in [0.5, 0.6) is 5.75 Å². The fourth-order valence-electron chi connectivity index (χ4n) is 2.61. The maximum Gasteiger partial charge on any atom is 0.123 e. The number of benzene rings is 1. The highest BCUT2D eigenvalue weighted by Gasteiger charge is 2.13. The Kier molecular flexibility index (Phi) is 6.76. The Morgan fingerprint density at radius 3 is 2.71 bits per heavy atom. The molecule has 0 spiro atoms. The number of ether oxygens (including phenoxy) is 1. The normalized spacial score (nSPS) is 12.0. The molecule has 0 radical (unpaired) electrons. The van der Waals surface area contributed by atoms with Crippen LogP contribution in [-0.2, 0) is 13.0 Å². The fraction of sp³-hybridized carbons (Fsp3) is 0.286. The number of hydrogen-bond acceptors (Lipinski definition) is 3. The summed E-state index contributed by atoms with van der Waals surface area (Å²) in [6.07, 6.45) is 6.29. The van der Waals surface area contributed by atoms with Gasteiger partial charge in [0.25, 0.3) is 0 Å². The molecule has 1 aromatic carbocycles. The standard InChI is InChI=1S/C21H26N2O/c1-5-9-19-15-18(11-12-21(19)24-14-6-2)16-23(4)17(3)20-10-7-8-13-22-20/h5-8,10-13,15,17H,1-2,9,14,16H2,3-4H3. The minimum Gasteiger partial charge on any atom is -0.489 e. The van der Waals surface area contributed by atoms with Gasteiger partial charge in [-0.15, -0.1) is 6.58 Å². The van der Waals surface area contributed by atoms with Gasteiger partial charge < -0.3 is 4.74 Å². The topological polar surface area (TPSA) is 25.4 Å². The molecule has 0 fully saturated rings. The average molecular weight is 322 g/mol. The molecule has 2 aromatic rings. The quantitative estimate of drug-likeness (QED) is 0.632. The van der Waals surface area contributed by atoms with E-state index in [0.29, 0.717) is 6.61 Å². The van der Waals surface area contributed by atoms with Gasteiger partial charge in [0.2, 0.25) is 0 Å². The molecule has 0 saturated carbocycles. The first-order chi connectivity index (χ1) is 11.7.